The zero-order valence-electron chi connectivity index (χ0n) is 7.80. The largest absolute Gasteiger partial charge is 0.435 e. The maximum Gasteiger partial charge on any atom is 0.435 e. The molecule has 1 aromatic rings. The third kappa shape index (κ3) is 2.27. The van der Waals surface area contributed by atoms with Crippen molar-refractivity contribution < 1.29 is 18.0 Å². The molecule has 1 amide bonds. The maximum absolute atomic E-state index is 12.2. The molecular formula is C7H9F3N4O. The van der Waals surface area contributed by atoms with Crippen molar-refractivity contribution in [3.63, 3.8) is 0 Å². The molecule has 0 aliphatic heterocycles. The summed E-state index contributed by atoms with van der Waals surface area (Å²) < 4.78 is 37.7. The molecule has 0 saturated carbocycles. The van der Waals surface area contributed by atoms with E-state index in [1.807, 2.05) is 0 Å². The number of hydrogen-bond acceptors (Lipinski definition) is 3. The number of nitrogens with two attached hydrogens (primary N) is 1. The van der Waals surface area contributed by atoms with E-state index in [0.717, 1.165) is 4.68 Å². The molecule has 0 unspecified atom stereocenters. The lowest BCUT2D eigenvalue weighted by Gasteiger charge is -2.01. The predicted octanol–water partition coefficient (Wildman–Crippen LogP) is 0.525. The molecule has 0 bridgehead atoms. The summed E-state index contributed by atoms with van der Waals surface area (Å²) in [6, 6.07) is 0.658. The number of aromatic nitrogens is 2. The van der Waals surface area contributed by atoms with Crippen LogP contribution in [-0.4, -0.2) is 15.7 Å². The van der Waals surface area contributed by atoms with Crippen LogP contribution in [0.1, 0.15) is 23.1 Å². The van der Waals surface area contributed by atoms with Crippen LogP contribution in [-0.2, 0) is 12.7 Å². The first-order chi connectivity index (χ1) is 6.90. The van der Waals surface area contributed by atoms with Gasteiger partial charge in [-0.1, -0.05) is 0 Å². The summed E-state index contributed by atoms with van der Waals surface area (Å²) in [6.07, 6.45) is -4.57. The summed E-state index contributed by atoms with van der Waals surface area (Å²) in [5.74, 6) is 4.02. The Balaban J connectivity index is 3.17. The van der Waals surface area contributed by atoms with Crippen LogP contribution >= 0.6 is 0 Å². The van der Waals surface area contributed by atoms with Crippen LogP contribution in [0.5, 0.6) is 0 Å². The maximum atomic E-state index is 12.2. The van der Waals surface area contributed by atoms with Crippen LogP contribution in [0.2, 0.25) is 0 Å². The van der Waals surface area contributed by atoms with E-state index in [1.165, 1.54) is 0 Å². The summed E-state index contributed by atoms with van der Waals surface area (Å²) >= 11 is 0. The number of nitrogen functional groups attached to an aromatic ring is 1. The van der Waals surface area contributed by atoms with Crippen molar-refractivity contribution in [2.24, 2.45) is 5.84 Å². The second-order valence-electron chi connectivity index (χ2n) is 2.70. The minimum Gasteiger partial charge on any atom is -0.289 e. The van der Waals surface area contributed by atoms with Gasteiger partial charge in [-0.05, 0) is 6.92 Å². The van der Waals surface area contributed by atoms with Crippen molar-refractivity contribution in [1.29, 1.82) is 0 Å². The van der Waals surface area contributed by atoms with Crippen LogP contribution in [0, 0.1) is 0 Å². The summed E-state index contributed by atoms with van der Waals surface area (Å²) in [4.78, 5) is 11.1. The number of aryl methyl sites for hydroxylation is 1. The first-order valence-electron chi connectivity index (χ1n) is 4.06. The highest BCUT2D eigenvalue weighted by Crippen LogP contribution is 2.28. The fraction of sp³-hybridized carbons (Fsp3) is 0.429. The lowest BCUT2D eigenvalue weighted by molar-refractivity contribution is -0.141. The molecule has 0 atom stereocenters. The molecule has 0 spiro atoms. The smallest absolute Gasteiger partial charge is 0.289 e. The quantitative estimate of drug-likeness (QED) is 0.435. The monoisotopic (exact) mass is 222 g/mol. The molecule has 1 heterocycles. The summed E-state index contributed by atoms with van der Waals surface area (Å²) in [7, 11) is 0. The van der Waals surface area contributed by atoms with E-state index < -0.39 is 17.8 Å². The SMILES string of the molecule is CCn1nc(C(F)(F)F)cc1C(=O)NN. The van der Waals surface area contributed by atoms with Crippen molar-refractivity contribution in [1.82, 2.24) is 15.2 Å². The third-order valence-corrected chi connectivity index (χ3v) is 1.73. The van der Waals surface area contributed by atoms with E-state index in [-0.39, 0.29) is 12.2 Å². The Labute approximate surface area is 83.0 Å². The number of carbonyl (C=O) groups excluding carboxylic acids is 1. The van der Waals surface area contributed by atoms with E-state index in [2.05, 4.69) is 5.10 Å². The van der Waals surface area contributed by atoms with Crippen LogP contribution in [0.25, 0.3) is 0 Å². The van der Waals surface area contributed by atoms with Crippen molar-refractivity contribution >= 4 is 5.91 Å². The molecule has 84 valence electrons. The molecule has 8 heteroatoms. The molecule has 0 aliphatic rings. The minimum atomic E-state index is -4.57. The number of amides is 1. The Morgan fingerprint density at radius 1 is 1.67 bits per heavy atom. The van der Waals surface area contributed by atoms with Gasteiger partial charge in [-0.3, -0.25) is 14.9 Å². The summed E-state index contributed by atoms with van der Waals surface area (Å²) in [6.45, 7) is 1.72. The molecule has 0 aromatic carbocycles. The van der Waals surface area contributed by atoms with Crippen LogP contribution in [0.3, 0.4) is 0 Å². The second-order valence-corrected chi connectivity index (χ2v) is 2.70. The fourth-order valence-corrected chi connectivity index (χ4v) is 1.05. The van der Waals surface area contributed by atoms with Crippen LogP contribution < -0.4 is 11.3 Å². The molecule has 1 aromatic heterocycles. The van der Waals surface area contributed by atoms with E-state index in [4.69, 9.17) is 5.84 Å². The van der Waals surface area contributed by atoms with Gasteiger partial charge in [0.1, 0.15) is 5.69 Å². The van der Waals surface area contributed by atoms with Gasteiger partial charge in [-0.2, -0.15) is 18.3 Å². The zero-order chi connectivity index (χ0) is 11.6. The second kappa shape index (κ2) is 3.89. The standard InChI is InChI=1S/C7H9F3N4O/c1-2-14-4(6(15)12-11)3-5(13-14)7(8,9)10/h3H,2,11H2,1H3,(H,12,15). The highest BCUT2D eigenvalue weighted by molar-refractivity contribution is 5.92. The number of carbonyl (C=O) groups is 1. The lowest BCUT2D eigenvalue weighted by Crippen LogP contribution is -2.31. The van der Waals surface area contributed by atoms with E-state index >= 15 is 0 Å². The molecule has 15 heavy (non-hydrogen) atoms. The fourth-order valence-electron chi connectivity index (χ4n) is 1.05. The van der Waals surface area contributed by atoms with Gasteiger partial charge in [-0.25, -0.2) is 5.84 Å². The van der Waals surface area contributed by atoms with Crippen LogP contribution in [0.15, 0.2) is 6.07 Å². The Bertz CT molecular complexity index is 371. The van der Waals surface area contributed by atoms with E-state index in [0.29, 0.717) is 6.07 Å². The topological polar surface area (TPSA) is 72.9 Å². The zero-order valence-corrected chi connectivity index (χ0v) is 7.80. The van der Waals surface area contributed by atoms with Gasteiger partial charge in [0.15, 0.2) is 5.69 Å². The molecule has 0 radical (unpaired) electrons. The minimum absolute atomic E-state index is 0.152. The molecule has 0 aliphatic carbocycles. The van der Waals surface area contributed by atoms with Gasteiger partial charge >= 0.3 is 6.18 Å². The van der Waals surface area contributed by atoms with Gasteiger partial charge in [0.25, 0.3) is 5.91 Å². The van der Waals surface area contributed by atoms with Gasteiger partial charge in [0, 0.05) is 12.6 Å². The lowest BCUT2D eigenvalue weighted by atomic mass is 10.3. The Kier molecular flexibility index (Phi) is 2.98. The number of hydrazine groups is 1. The Hall–Kier alpha value is -1.57. The van der Waals surface area contributed by atoms with Gasteiger partial charge in [0.2, 0.25) is 0 Å². The molecule has 5 nitrogen and oxygen atoms in total. The third-order valence-electron chi connectivity index (χ3n) is 1.73. The summed E-state index contributed by atoms with van der Waals surface area (Å²) in [5.41, 5.74) is 0.430. The first-order valence-corrected chi connectivity index (χ1v) is 4.06. The first kappa shape index (κ1) is 11.5. The number of hydrogen-bond donors (Lipinski definition) is 2. The highest BCUT2D eigenvalue weighted by Gasteiger charge is 2.35. The Morgan fingerprint density at radius 3 is 2.67 bits per heavy atom. The molecule has 0 saturated heterocycles. The predicted molar refractivity (Wildman–Crippen MR) is 44.6 cm³/mol. The van der Waals surface area contributed by atoms with Gasteiger partial charge in [-0.15, -0.1) is 0 Å². The van der Waals surface area contributed by atoms with Gasteiger partial charge < -0.3 is 0 Å². The number of halogens is 3. The van der Waals surface area contributed by atoms with Gasteiger partial charge in [0.05, 0.1) is 0 Å². The van der Waals surface area contributed by atoms with E-state index in [1.54, 1.807) is 12.3 Å². The number of nitrogens with zero attached hydrogens (tertiary/aromatic N) is 2. The number of alkyl halides is 3. The molecule has 1 rings (SSSR count). The van der Waals surface area contributed by atoms with Crippen molar-refractivity contribution in [2.45, 2.75) is 19.6 Å². The molecule has 3 N–H and O–H groups in total. The van der Waals surface area contributed by atoms with Crippen molar-refractivity contribution in [3.8, 4) is 0 Å². The van der Waals surface area contributed by atoms with Crippen LogP contribution in [0.4, 0.5) is 13.2 Å². The normalized spacial score (nSPS) is 11.5. The van der Waals surface area contributed by atoms with Crippen molar-refractivity contribution in [2.75, 3.05) is 0 Å². The summed E-state index contributed by atoms with van der Waals surface area (Å²) in [5, 5.41) is 3.24. The highest BCUT2D eigenvalue weighted by atomic mass is 19.4. The molecular weight excluding hydrogens is 213 g/mol. The Morgan fingerprint density at radius 2 is 2.27 bits per heavy atom. The number of rotatable bonds is 2. The average molecular weight is 222 g/mol. The van der Waals surface area contributed by atoms with Crippen molar-refractivity contribution in [3.05, 3.63) is 17.5 Å². The average Bonchev–Trinajstić information content (AvgIpc) is 2.59. The van der Waals surface area contributed by atoms with E-state index in [9.17, 15) is 18.0 Å². The number of nitrogens with one attached hydrogen (secondary N) is 1. The molecule has 0 fully saturated rings.